The van der Waals surface area contributed by atoms with Crippen LogP contribution in [0.15, 0.2) is 74.5 Å². The first-order valence-electron chi connectivity index (χ1n) is 9.48. The minimum absolute atomic E-state index is 0.122. The highest BCUT2D eigenvalue weighted by Crippen LogP contribution is 2.27. The Kier molecular flexibility index (Phi) is 5.69. The Balaban J connectivity index is 1.48. The van der Waals surface area contributed by atoms with Gasteiger partial charge in [-0.25, -0.2) is 4.98 Å². The predicted molar refractivity (Wildman–Crippen MR) is 126 cm³/mol. The van der Waals surface area contributed by atoms with Gasteiger partial charge in [-0.2, -0.15) is 4.98 Å². The van der Waals surface area contributed by atoms with Gasteiger partial charge in [0.25, 0.3) is 5.56 Å². The zero-order valence-corrected chi connectivity index (χ0v) is 19.1. The van der Waals surface area contributed by atoms with E-state index in [1.807, 2.05) is 47.8 Å². The van der Waals surface area contributed by atoms with Crippen molar-refractivity contribution >= 4 is 44.9 Å². The lowest BCUT2D eigenvalue weighted by Gasteiger charge is -2.12. The van der Waals surface area contributed by atoms with Gasteiger partial charge < -0.3 is 9.26 Å². The molecule has 0 aliphatic carbocycles. The average Bonchev–Trinajstić information content (AvgIpc) is 3.48. The minimum Gasteiger partial charge on any atom is -0.497 e. The molecule has 3 aromatic heterocycles. The Morgan fingerprint density at radius 1 is 1.16 bits per heavy atom. The second-order valence-corrected chi connectivity index (χ2v) is 8.97. The molecule has 0 saturated heterocycles. The fraction of sp³-hybridized carbons (Fsp3) is 0.0909. The van der Waals surface area contributed by atoms with Gasteiger partial charge in [0.2, 0.25) is 11.7 Å². The number of halogens is 1. The molecule has 5 aromatic rings. The first-order chi connectivity index (χ1) is 15.6. The molecule has 0 N–H and O–H groups in total. The van der Waals surface area contributed by atoms with E-state index in [0.717, 1.165) is 5.56 Å². The third kappa shape index (κ3) is 4.02. The van der Waals surface area contributed by atoms with Crippen molar-refractivity contribution in [1.29, 1.82) is 0 Å². The van der Waals surface area contributed by atoms with Crippen LogP contribution in [0.4, 0.5) is 0 Å². The van der Waals surface area contributed by atoms with Crippen LogP contribution in [-0.2, 0) is 5.75 Å². The molecule has 0 bridgehead atoms. The quantitative estimate of drug-likeness (QED) is 0.235. The van der Waals surface area contributed by atoms with Crippen molar-refractivity contribution < 1.29 is 9.26 Å². The molecule has 160 valence electrons. The molecule has 0 radical (unpaired) electrons. The number of benzene rings is 2. The van der Waals surface area contributed by atoms with Gasteiger partial charge in [0, 0.05) is 10.6 Å². The third-order valence-electron chi connectivity index (χ3n) is 4.66. The molecule has 0 aliphatic heterocycles. The van der Waals surface area contributed by atoms with Gasteiger partial charge in [0.1, 0.15) is 10.4 Å². The molecule has 32 heavy (non-hydrogen) atoms. The Bertz CT molecular complexity index is 1460. The average molecular weight is 483 g/mol. The number of nitrogens with zero attached hydrogens (tertiary/aromatic N) is 4. The molecule has 2 aromatic carbocycles. The molecule has 0 amide bonds. The van der Waals surface area contributed by atoms with Crippen LogP contribution in [0.25, 0.3) is 27.3 Å². The van der Waals surface area contributed by atoms with Crippen molar-refractivity contribution in [2.75, 3.05) is 7.11 Å². The van der Waals surface area contributed by atoms with E-state index in [1.54, 1.807) is 23.8 Å². The van der Waals surface area contributed by atoms with E-state index in [9.17, 15) is 4.79 Å². The van der Waals surface area contributed by atoms with Crippen molar-refractivity contribution in [3.63, 3.8) is 0 Å². The molecule has 7 nitrogen and oxygen atoms in total. The van der Waals surface area contributed by atoms with E-state index in [0.29, 0.717) is 49.3 Å². The molecule has 0 aliphatic rings. The SMILES string of the molecule is COc1ccc(-n2c(SCc3nc(-c4cccc(Cl)c4)no3)nc3ccsc3c2=O)cc1. The van der Waals surface area contributed by atoms with Crippen molar-refractivity contribution in [3.8, 4) is 22.8 Å². The number of hydrogen-bond donors (Lipinski definition) is 0. The van der Waals surface area contributed by atoms with Gasteiger partial charge in [-0.15, -0.1) is 11.3 Å². The highest BCUT2D eigenvalue weighted by Gasteiger charge is 2.16. The van der Waals surface area contributed by atoms with Crippen LogP contribution in [0.2, 0.25) is 5.02 Å². The largest absolute Gasteiger partial charge is 0.497 e. The zero-order valence-electron chi connectivity index (χ0n) is 16.7. The second kappa shape index (κ2) is 8.78. The van der Waals surface area contributed by atoms with Crippen molar-refractivity contribution in [2.45, 2.75) is 10.9 Å². The molecule has 0 atom stereocenters. The summed E-state index contributed by atoms with van der Waals surface area (Å²) < 4.78 is 12.8. The third-order valence-corrected chi connectivity index (χ3v) is 6.71. The molecule has 5 rings (SSSR count). The molecule has 0 saturated carbocycles. The summed E-state index contributed by atoms with van der Waals surface area (Å²) in [4.78, 5) is 22.4. The Labute approximate surface area is 195 Å². The topological polar surface area (TPSA) is 83.0 Å². The predicted octanol–water partition coefficient (Wildman–Crippen LogP) is 5.45. The van der Waals surface area contributed by atoms with Crippen molar-refractivity contribution in [2.24, 2.45) is 0 Å². The number of thiophene rings is 1. The van der Waals surface area contributed by atoms with Crippen molar-refractivity contribution in [1.82, 2.24) is 19.7 Å². The van der Waals surface area contributed by atoms with E-state index >= 15 is 0 Å². The van der Waals surface area contributed by atoms with Gasteiger partial charge in [0.15, 0.2) is 5.16 Å². The number of rotatable bonds is 6. The van der Waals surface area contributed by atoms with E-state index < -0.39 is 0 Å². The lowest BCUT2D eigenvalue weighted by Crippen LogP contribution is -2.20. The lowest BCUT2D eigenvalue weighted by atomic mass is 10.2. The first-order valence-corrected chi connectivity index (χ1v) is 11.7. The van der Waals surface area contributed by atoms with Gasteiger partial charge >= 0.3 is 0 Å². The fourth-order valence-corrected chi connectivity index (χ4v) is 4.93. The number of fused-ring (bicyclic) bond motifs is 1. The second-order valence-electron chi connectivity index (χ2n) is 6.68. The van der Waals surface area contributed by atoms with Gasteiger partial charge in [-0.05, 0) is 47.8 Å². The van der Waals surface area contributed by atoms with E-state index in [1.165, 1.54) is 23.1 Å². The van der Waals surface area contributed by atoms with Gasteiger partial charge in [-0.3, -0.25) is 9.36 Å². The summed E-state index contributed by atoms with van der Waals surface area (Å²) in [6.45, 7) is 0. The number of thioether (sulfide) groups is 1. The smallest absolute Gasteiger partial charge is 0.276 e. The van der Waals surface area contributed by atoms with Crippen LogP contribution < -0.4 is 10.3 Å². The van der Waals surface area contributed by atoms with Crippen LogP contribution >= 0.6 is 34.7 Å². The highest BCUT2D eigenvalue weighted by atomic mass is 35.5. The zero-order chi connectivity index (χ0) is 22.1. The number of hydrogen-bond acceptors (Lipinski definition) is 8. The first kappa shape index (κ1) is 20.7. The van der Waals surface area contributed by atoms with E-state index in [2.05, 4.69) is 10.1 Å². The maximum absolute atomic E-state index is 13.2. The van der Waals surface area contributed by atoms with Crippen LogP contribution in [0.3, 0.4) is 0 Å². The van der Waals surface area contributed by atoms with Gasteiger partial charge in [-0.1, -0.05) is 40.7 Å². The van der Waals surface area contributed by atoms with E-state index in [-0.39, 0.29) is 5.56 Å². The van der Waals surface area contributed by atoms with Crippen LogP contribution in [-0.4, -0.2) is 26.8 Å². The molecule has 0 unspecified atom stereocenters. The monoisotopic (exact) mass is 482 g/mol. The van der Waals surface area contributed by atoms with Crippen molar-refractivity contribution in [3.05, 3.63) is 81.2 Å². The lowest BCUT2D eigenvalue weighted by molar-refractivity contribution is 0.391. The summed E-state index contributed by atoms with van der Waals surface area (Å²) in [6, 6.07) is 16.4. The molecule has 0 fully saturated rings. The molecular formula is C22H15ClN4O3S2. The van der Waals surface area contributed by atoms with Crippen LogP contribution in [0, 0.1) is 0 Å². The van der Waals surface area contributed by atoms with E-state index in [4.69, 9.17) is 25.8 Å². The molecule has 3 heterocycles. The summed E-state index contributed by atoms with van der Waals surface area (Å²) in [5.41, 5.74) is 2.01. The Hall–Kier alpha value is -3.14. The molecular weight excluding hydrogens is 468 g/mol. The maximum atomic E-state index is 13.2. The number of aromatic nitrogens is 4. The van der Waals surface area contributed by atoms with Crippen LogP contribution in [0.1, 0.15) is 5.89 Å². The molecule has 0 spiro atoms. The normalized spacial score (nSPS) is 11.2. The summed E-state index contributed by atoms with van der Waals surface area (Å²) >= 11 is 8.78. The Morgan fingerprint density at radius 3 is 2.78 bits per heavy atom. The maximum Gasteiger partial charge on any atom is 0.276 e. The fourth-order valence-electron chi connectivity index (χ4n) is 3.13. The standard InChI is InChI=1S/C22H15ClN4O3S2/c1-29-16-7-5-15(6-8-16)27-21(28)19-17(9-10-31-19)24-22(27)32-12-18-25-20(26-30-18)13-3-2-4-14(23)11-13/h2-11H,12H2,1H3. The van der Waals surface area contributed by atoms with Crippen LogP contribution in [0.5, 0.6) is 5.75 Å². The summed E-state index contributed by atoms with van der Waals surface area (Å²) in [7, 11) is 1.60. The molecule has 10 heteroatoms. The summed E-state index contributed by atoms with van der Waals surface area (Å²) in [6.07, 6.45) is 0. The number of methoxy groups -OCH3 is 1. The Morgan fingerprint density at radius 2 is 2.00 bits per heavy atom. The highest BCUT2D eigenvalue weighted by molar-refractivity contribution is 7.98. The van der Waals surface area contributed by atoms with Gasteiger partial charge in [0.05, 0.1) is 24.1 Å². The summed E-state index contributed by atoms with van der Waals surface area (Å²) in [5, 5.41) is 7.03. The number of ether oxygens (including phenoxy) is 1. The minimum atomic E-state index is -0.122. The summed E-state index contributed by atoms with van der Waals surface area (Å²) in [5.74, 6) is 1.94.